The van der Waals surface area contributed by atoms with Crippen molar-refractivity contribution < 1.29 is 13.5 Å². The molecule has 0 aliphatic heterocycles. The Morgan fingerprint density at radius 1 is 1.05 bits per heavy atom. The second-order valence-corrected chi connectivity index (χ2v) is 5.54. The Morgan fingerprint density at radius 3 is 2.15 bits per heavy atom. The molecule has 1 aromatic rings. The van der Waals surface area contributed by atoms with Gasteiger partial charge in [-0.2, -0.15) is 8.78 Å². The molecular weight excluding hydrogens is 260 g/mol. The Bertz CT molecular complexity index is 386. The maximum atomic E-state index is 12.1. The predicted molar refractivity (Wildman–Crippen MR) is 76.1 cm³/mol. The van der Waals surface area contributed by atoms with Crippen LogP contribution in [0.5, 0.6) is 5.75 Å². The smallest absolute Gasteiger partial charge is 0.387 e. The molecule has 1 fully saturated rings. The quantitative estimate of drug-likeness (QED) is 0.818. The summed E-state index contributed by atoms with van der Waals surface area (Å²) in [5.74, 6) is 1.15. The van der Waals surface area contributed by atoms with Gasteiger partial charge in [0.2, 0.25) is 0 Å². The van der Waals surface area contributed by atoms with Gasteiger partial charge < -0.3 is 10.5 Å². The summed E-state index contributed by atoms with van der Waals surface area (Å²) in [6.45, 7) is -2.16. The minimum absolute atomic E-state index is 0.209. The Kier molecular flexibility index (Phi) is 5.77. The fraction of sp³-hybridized carbons (Fsp3) is 0.625. The molecule has 0 radical (unpaired) electrons. The molecule has 2 nitrogen and oxygen atoms in total. The van der Waals surface area contributed by atoms with E-state index in [0.29, 0.717) is 18.4 Å². The first-order valence-corrected chi connectivity index (χ1v) is 7.45. The SMILES string of the molecule is NCC(c1ccc(OC(F)F)cc1)C1CCCCCC1. The molecule has 112 valence electrons. The van der Waals surface area contributed by atoms with E-state index in [1.54, 1.807) is 12.1 Å². The number of benzene rings is 1. The van der Waals surface area contributed by atoms with E-state index in [1.807, 2.05) is 12.1 Å². The highest BCUT2D eigenvalue weighted by molar-refractivity contribution is 5.30. The summed E-state index contributed by atoms with van der Waals surface area (Å²) in [5, 5.41) is 0. The average molecular weight is 283 g/mol. The second-order valence-electron chi connectivity index (χ2n) is 5.54. The Morgan fingerprint density at radius 2 is 1.65 bits per heavy atom. The summed E-state index contributed by atoms with van der Waals surface area (Å²) in [4.78, 5) is 0. The van der Waals surface area contributed by atoms with E-state index < -0.39 is 6.61 Å². The Labute approximate surface area is 119 Å². The molecule has 1 unspecified atom stereocenters. The summed E-state index contributed by atoms with van der Waals surface area (Å²) >= 11 is 0. The van der Waals surface area contributed by atoms with Crippen LogP contribution in [0.1, 0.15) is 50.0 Å². The van der Waals surface area contributed by atoms with Crippen molar-refractivity contribution in [2.24, 2.45) is 11.7 Å². The summed E-state index contributed by atoms with van der Waals surface area (Å²) in [5.41, 5.74) is 7.09. The predicted octanol–water partition coefficient (Wildman–Crippen LogP) is 4.30. The van der Waals surface area contributed by atoms with Crippen LogP contribution in [0.3, 0.4) is 0 Å². The van der Waals surface area contributed by atoms with Crippen LogP contribution < -0.4 is 10.5 Å². The van der Waals surface area contributed by atoms with Gasteiger partial charge in [-0.05, 0) is 48.9 Å². The first kappa shape index (κ1) is 15.2. The molecule has 20 heavy (non-hydrogen) atoms. The lowest BCUT2D eigenvalue weighted by Gasteiger charge is -2.25. The number of hydrogen-bond donors (Lipinski definition) is 1. The lowest BCUT2D eigenvalue weighted by molar-refractivity contribution is -0.0498. The number of nitrogens with two attached hydrogens (primary N) is 1. The normalized spacial score (nSPS) is 18.8. The number of halogens is 2. The van der Waals surface area contributed by atoms with Gasteiger partial charge >= 0.3 is 6.61 Å². The van der Waals surface area contributed by atoms with Crippen molar-refractivity contribution in [1.29, 1.82) is 0 Å². The van der Waals surface area contributed by atoms with Gasteiger partial charge in [0, 0.05) is 0 Å². The molecule has 0 aromatic heterocycles. The van der Waals surface area contributed by atoms with Crippen LogP contribution in [-0.4, -0.2) is 13.2 Å². The van der Waals surface area contributed by atoms with E-state index in [0.717, 1.165) is 5.56 Å². The van der Waals surface area contributed by atoms with Gasteiger partial charge in [-0.1, -0.05) is 37.8 Å². The van der Waals surface area contributed by atoms with Crippen LogP contribution >= 0.6 is 0 Å². The number of alkyl halides is 2. The van der Waals surface area contributed by atoms with E-state index in [9.17, 15) is 8.78 Å². The van der Waals surface area contributed by atoms with Gasteiger partial charge in [-0.15, -0.1) is 0 Å². The standard InChI is InChI=1S/C16H23F2NO/c17-16(18)20-14-9-7-13(8-10-14)15(11-19)12-5-3-1-2-4-6-12/h7-10,12,15-16H,1-6,11,19H2. The number of rotatable bonds is 5. The largest absolute Gasteiger partial charge is 0.435 e. The average Bonchev–Trinajstić information content (AvgIpc) is 2.70. The summed E-state index contributed by atoms with van der Waals surface area (Å²) < 4.78 is 28.7. The third-order valence-electron chi connectivity index (χ3n) is 4.26. The van der Waals surface area contributed by atoms with Crippen molar-refractivity contribution >= 4 is 0 Å². The first-order valence-electron chi connectivity index (χ1n) is 7.45. The number of ether oxygens (including phenoxy) is 1. The van der Waals surface area contributed by atoms with E-state index in [4.69, 9.17) is 5.73 Å². The van der Waals surface area contributed by atoms with Crippen LogP contribution in [-0.2, 0) is 0 Å². The molecule has 0 bridgehead atoms. The molecule has 0 spiro atoms. The summed E-state index contributed by atoms with van der Waals surface area (Å²) in [6.07, 6.45) is 7.61. The zero-order valence-electron chi connectivity index (χ0n) is 11.7. The fourth-order valence-corrected chi connectivity index (χ4v) is 3.21. The van der Waals surface area contributed by atoms with Crippen LogP contribution in [0.25, 0.3) is 0 Å². The van der Waals surface area contributed by atoms with Crippen LogP contribution in [0.2, 0.25) is 0 Å². The van der Waals surface area contributed by atoms with Crippen LogP contribution in [0, 0.1) is 5.92 Å². The van der Waals surface area contributed by atoms with Gasteiger partial charge in [-0.3, -0.25) is 0 Å². The van der Waals surface area contributed by atoms with Crippen LogP contribution in [0.4, 0.5) is 8.78 Å². The van der Waals surface area contributed by atoms with Crippen LogP contribution in [0.15, 0.2) is 24.3 Å². The zero-order valence-corrected chi connectivity index (χ0v) is 11.7. The third kappa shape index (κ3) is 4.17. The molecule has 0 saturated heterocycles. The zero-order chi connectivity index (χ0) is 14.4. The molecule has 1 aliphatic carbocycles. The highest BCUT2D eigenvalue weighted by Gasteiger charge is 2.23. The lowest BCUT2D eigenvalue weighted by Crippen LogP contribution is -2.21. The van der Waals surface area contributed by atoms with Crippen molar-refractivity contribution in [2.75, 3.05) is 6.54 Å². The molecule has 0 amide bonds. The molecule has 1 atom stereocenters. The van der Waals surface area contributed by atoms with Crippen molar-refractivity contribution in [2.45, 2.75) is 51.1 Å². The van der Waals surface area contributed by atoms with E-state index >= 15 is 0 Å². The molecule has 1 aliphatic rings. The Balaban J connectivity index is 2.06. The fourth-order valence-electron chi connectivity index (χ4n) is 3.21. The monoisotopic (exact) mass is 283 g/mol. The molecular formula is C16H23F2NO. The summed E-state index contributed by atoms with van der Waals surface area (Å²) in [7, 11) is 0. The minimum Gasteiger partial charge on any atom is -0.435 e. The summed E-state index contributed by atoms with van der Waals surface area (Å²) in [6, 6.07) is 6.97. The van der Waals surface area contributed by atoms with E-state index in [-0.39, 0.29) is 5.75 Å². The maximum absolute atomic E-state index is 12.1. The maximum Gasteiger partial charge on any atom is 0.387 e. The number of hydrogen-bond acceptors (Lipinski definition) is 2. The van der Waals surface area contributed by atoms with Crippen molar-refractivity contribution in [3.63, 3.8) is 0 Å². The van der Waals surface area contributed by atoms with Crippen molar-refractivity contribution in [1.82, 2.24) is 0 Å². The van der Waals surface area contributed by atoms with Crippen molar-refractivity contribution in [3.8, 4) is 5.75 Å². The molecule has 2 rings (SSSR count). The second kappa shape index (κ2) is 7.58. The highest BCUT2D eigenvalue weighted by atomic mass is 19.3. The minimum atomic E-state index is -2.77. The van der Waals surface area contributed by atoms with Gasteiger partial charge in [0.15, 0.2) is 0 Å². The van der Waals surface area contributed by atoms with Gasteiger partial charge in [0.1, 0.15) is 5.75 Å². The van der Waals surface area contributed by atoms with Gasteiger partial charge in [-0.25, -0.2) is 0 Å². The van der Waals surface area contributed by atoms with Crippen molar-refractivity contribution in [3.05, 3.63) is 29.8 Å². The topological polar surface area (TPSA) is 35.2 Å². The third-order valence-corrected chi connectivity index (χ3v) is 4.26. The molecule has 2 N–H and O–H groups in total. The van der Waals surface area contributed by atoms with E-state index in [2.05, 4.69) is 4.74 Å². The highest BCUT2D eigenvalue weighted by Crippen LogP contribution is 2.35. The first-order chi connectivity index (χ1) is 9.70. The van der Waals surface area contributed by atoms with Gasteiger partial charge in [0.25, 0.3) is 0 Å². The van der Waals surface area contributed by atoms with Gasteiger partial charge in [0.05, 0.1) is 0 Å². The van der Waals surface area contributed by atoms with E-state index in [1.165, 1.54) is 38.5 Å². The lowest BCUT2D eigenvalue weighted by atomic mass is 9.81. The molecule has 0 heterocycles. The molecule has 1 saturated carbocycles. The Hall–Kier alpha value is -1.16. The molecule has 4 heteroatoms. The molecule has 1 aromatic carbocycles.